The molecular weight excluding hydrogens is 234 g/mol. The minimum atomic E-state index is 0.389. The molecule has 2 heterocycles. The van der Waals surface area contributed by atoms with Crippen LogP contribution in [0.25, 0.3) is 21.3 Å². The fraction of sp³-hybridized carbons (Fsp3) is 0.0833. The largest absolute Gasteiger partial charge is 0.303 e. The van der Waals surface area contributed by atoms with Gasteiger partial charge in [0, 0.05) is 11.8 Å². The smallest absolute Gasteiger partial charge is 0.126 e. The summed E-state index contributed by atoms with van der Waals surface area (Å²) in [6, 6.07) is 6.06. The number of hydrogen-bond acceptors (Lipinski definition) is 4. The van der Waals surface area contributed by atoms with Crippen LogP contribution >= 0.6 is 11.3 Å². The van der Waals surface area contributed by atoms with Crippen molar-refractivity contribution in [3.8, 4) is 11.1 Å². The van der Waals surface area contributed by atoms with Gasteiger partial charge in [-0.05, 0) is 17.7 Å². The van der Waals surface area contributed by atoms with Crippen LogP contribution in [0.1, 0.15) is 5.01 Å². The molecule has 0 unspecified atom stereocenters. The highest BCUT2D eigenvalue weighted by molar-refractivity contribution is 7.18. The van der Waals surface area contributed by atoms with E-state index >= 15 is 0 Å². The number of aromatic nitrogens is 3. The molecular formula is C12H9N3OS. The van der Waals surface area contributed by atoms with E-state index in [0.29, 0.717) is 6.42 Å². The van der Waals surface area contributed by atoms with Crippen molar-refractivity contribution in [1.82, 2.24) is 15.2 Å². The third kappa shape index (κ3) is 1.85. The second-order valence-corrected chi connectivity index (χ2v) is 4.76. The van der Waals surface area contributed by atoms with E-state index in [2.05, 4.69) is 21.2 Å². The van der Waals surface area contributed by atoms with Crippen LogP contribution in [0.4, 0.5) is 0 Å². The van der Waals surface area contributed by atoms with Crippen molar-refractivity contribution in [3.05, 3.63) is 35.6 Å². The van der Waals surface area contributed by atoms with Crippen LogP contribution in [0.5, 0.6) is 0 Å². The first-order chi connectivity index (χ1) is 8.36. The molecule has 0 amide bonds. The van der Waals surface area contributed by atoms with Gasteiger partial charge < -0.3 is 4.79 Å². The number of rotatable bonds is 3. The molecule has 0 radical (unpaired) electrons. The SMILES string of the molecule is O=CCc1nc2ccc(-c3cn[nH]c3)cc2s1. The molecule has 0 saturated carbocycles. The molecule has 17 heavy (non-hydrogen) atoms. The molecule has 0 bridgehead atoms. The number of benzene rings is 1. The van der Waals surface area contributed by atoms with Crippen molar-refractivity contribution < 1.29 is 4.79 Å². The van der Waals surface area contributed by atoms with Crippen molar-refractivity contribution in [2.24, 2.45) is 0 Å². The minimum Gasteiger partial charge on any atom is -0.303 e. The number of aromatic amines is 1. The normalized spacial score (nSPS) is 10.8. The van der Waals surface area contributed by atoms with Gasteiger partial charge in [-0.15, -0.1) is 11.3 Å². The van der Waals surface area contributed by atoms with Crippen LogP contribution in [0, 0.1) is 0 Å². The van der Waals surface area contributed by atoms with Crippen molar-refractivity contribution >= 4 is 27.8 Å². The van der Waals surface area contributed by atoms with E-state index in [4.69, 9.17) is 0 Å². The molecule has 0 atom stereocenters. The highest BCUT2D eigenvalue weighted by Gasteiger charge is 2.05. The number of nitrogens with zero attached hydrogens (tertiary/aromatic N) is 2. The number of hydrogen-bond donors (Lipinski definition) is 1. The Balaban J connectivity index is 2.09. The number of nitrogens with one attached hydrogen (secondary N) is 1. The zero-order chi connectivity index (χ0) is 11.7. The standard InChI is InChI=1S/C12H9N3OS/c16-4-3-12-15-10-2-1-8(5-11(10)17-12)9-6-13-14-7-9/h1-2,4-7H,3H2,(H,13,14). The Bertz CT molecular complexity index is 658. The molecule has 3 rings (SSSR count). The van der Waals surface area contributed by atoms with Gasteiger partial charge in [0.15, 0.2) is 0 Å². The van der Waals surface area contributed by atoms with Gasteiger partial charge in [0.1, 0.15) is 11.3 Å². The highest BCUT2D eigenvalue weighted by atomic mass is 32.1. The van der Waals surface area contributed by atoms with Crippen molar-refractivity contribution in [2.75, 3.05) is 0 Å². The van der Waals surface area contributed by atoms with Crippen molar-refractivity contribution in [1.29, 1.82) is 0 Å². The number of fused-ring (bicyclic) bond motifs is 1. The summed E-state index contributed by atoms with van der Waals surface area (Å²) >= 11 is 1.56. The molecule has 0 spiro atoms. The molecule has 0 aliphatic carbocycles. The van der Waals surface area contributed by atoms with Gasteiger partial charge in [-0.25, -0.2) is 4.98 Å². The summed E-state index contributed by atoms with van der Waals surface area (Å²) in [7, 11) is 0. The van der Waals surface area contributed by atoms with Crippen LogP contribution in [-0.2, 0) is 11.2 Å². The maximum atomic E-state index is 10.5. The van der Waals surface area contributed by atoms with Gasteiger partial charge >= 0.3 is 0 Å². The third-order valence-corrected chi connectivity index (χ3v) is 3.56. The van der Waals surface area contributed by atoms with E-state index in [1.807, 2.05) is 18.3 Å². The Morgan fingerprint density at radius 1 is 1.35 bits per heavy atom. The van der Waals surface area contributed by atoms with E-state index in [9.17, 15) is 4.79 Å². The molecule has 84 valence electrons. The van der Waals surface area contributed by atoms with Crippen LogP contribution in [0.2, 0.25) is 0 Å². The van der Waals surface area contributed by atoms with Gasteiger partial charge in [-0.2, -0.15) is 5.10 Å². The molecule has 3 aromatic rings. The Kier molecular flexibility index (Phi) is 2.45. The number of carbonyl (C=O) groups is 1. The quantitative estimate of drug-likeness (QED) is 0.719. The van der Waals surface area contributed by atoms with Crippen LogP contribution in [0.3, 0.4) is 0 Å². The zero-order valence-electron chi connectivity index (χ0n) is 8.88. The number of carbonyl (C=O) groups excluding carboxylic acids is 1. The van der Waals surface area contributed by atoms with Gasteiger partial charge in [0.25, 0.3) is 0 Å². The Labute approximate surface area is 101 Å². The van der Waals surface area contributed by atoms with Crippen molar-refractivity contribution in [3.63, 3.8) is 0 Å². The van der Waals surface area contributed by atoms with E-state index in [0.717, 1.165) is 32.6 Å². The maximum Gasteiger partial charge on any atom is 0.126 e. The van der Waals surface area contributed by atoms with Gasteiger partial charge in [0.2, 0.25) is 0 Å². The average Bonchev–Trinajstić information content (AvgIpc) is 2.96. The molecule has 0 fully saturated rings. The number of H-pyrrole nitrogens is 1. The summed E-state index contributed by atoms with van der Waals surface area (Å²) < 4.78 is 1.10. The second kappa shape index (κ2) is 4.10. The van der Waals surface area contributed by atoms with E-state index in [1.54, 1.807) is 17.5 Å². The summed E-state index contributed by atoms with van der Waals surface area (Å²) in [6.45, 7) is 0. The average molecular weight is 243 g/mol. The van der Waals surface area contributed by atoms with Crippen LogP contribution < -0.4 is 0 Å². The number of thiazole rings is 1. The Hall–Kier alpha value is -2.01. The first-order valence-corrected chi connectivity index (χ1v) is 6.01. The fourth-order valence-electron chi connectivity index (χ4n) is 1.72. The summed E-state index contributed by atoms with van der Waals surface area (Å²) in [6.07, 6.45) is 4.91. The molecule has 1 N–H and O–H groups in total. The summed E-state index contributed by atoms with van der Waals surface area (Å²) in [4.78, 5) is 14.8. The minimum absolute atomic E-state index is 0.389. The second-order valence-electron chi connectivity index (χ2n) is 3.65. The lowest BCUT2D eigenvalue weighted by molar-refractivity contribution is -0.107. The monoisotopic (exact) mass is 243 g/mol. The van der Waals surface area contributed by atoms with Crippen LogP contribution in [0.15, 0.2) is 30.6 Å². The fourth-order valence-corrected chi connectivity index (χ4v) is 2.67. The first kappa shape index (κ1) is 10.2. The summed E-state index contributed by atoms with van der Waals surface area (Å²) in [5.74, 6) is 0. The van der Waals surface area contributed by atoms with Gasteiger partial charge in [-0.1, -0.05) is 6.07 Å². The molecule has 2 aromatic heterocycles. The molecule has 4 nitrogen and oxygen atoms in total. The van der Waals surface area contributed by atoms with E-state index in [1.165, 1.54) is 0 Å². The predicted molar refractivity (Wildman–Crippen MR) is 67.0 cm³/mol. The third-order valence-electron chi connectivity index (χ3n) is 2.52. The van der Waals surface area contributed by atoms with Gasteiger partial charge in [0.05, 0.1) is 22.8 Å². The van der Waals surface area contributed by atoms with Crippen LogP contribution in [-0.4, -0.2) is 21.5 Å². The maximum absolute atomic E-state index is 10.5. The zero-order valence-corrected chi connectivity index (χ0v) is 9.70. The summed E-state index contributed by atoms with van der Waals surface area (Å²) in [5.41, 5.74) is 3.10. The lowest BCUT2D eigenvalue weighted by atomic mass is 10.1. The lowest BCUT2D eigenvalue weighted by Crippen LogP contribution is -1.81. The topological polar surface area (TPSA) is 58.6 Å². The molecule has 0 aliphatic heterocycles. The van der Waals surface area contributed by atoms with E-state index in [-0.39, 0.29) is 0 Å². The summed E-state index contributed by atoms with van der Waals surface area (Å²) in [5, 5.41) is 7.58. The molecule has 0 aliphatic rings. The Morgan fingerprint density at radius 3 is 3.06 bits per heavy atom. The van der Waals surface area contributed by atoms with Crippen molar-refractivity contribution in [2.45, 2.75) is 6.42 Å². The predicted octanol–water partition coefficient (Wildman–Crippen LogP) is 2.43. The first-order valence-electron chi connectivity index (χ1n) is 5.19. The lowest BCUT2D eigenvalue weighted by Gasteiger charge is -1.95. The number of aldehydes is 1. The molecule has 5 heteroatoms. The highest BCUT2D eigenvalue weighted by Crippen LogP contribution is 2.27. The van der Waals surface area contributed by atoms with E-state index < -0.39 is 0 Å². The molecule has 1 aromatic carbocycles. The Morgan fingerprint density at radius 2 is 2.29 bits per heavy atom. The van der Waals surface area contributed by atoms with Gasteiger partial charge in [-0.3, -0.25) is 5.10 Å². The molecule has 0 saturated heterocycles.